The summed E-state index contributed by atoms with van der Waals surface area (Å²) in [6, 6.07) is 7.99. The lowest BCUT2D eigenvalue weighted by atomic mass is 9.71. The van der Waals surface area contributed by atoms with E-state index in [1.165, 1.54) is 12.8 Å². The molecule has 0 radical (unpaired) electrons. The Morgan fingerprint density at radius 1 is 1.11 bits per heavy atom. The predicted octanol–water partition coefficient (Wildman–Crippen LogP) is 4.15. The summed E-state index contributed by atoms with van der Waals surface area (Å²) in [4.78, 5) is 14.5. The van der Waals surface area contributed by atoms with Crippen LogP contribution in [-0.2, 0) is 0 Å². The van der Waals surface area contributed by atoms with Crippen LogP contribution < -0.4 is 4.90 Å². The molecule has 0 atom stereocenters. The Labute approximate surface area is 116 Å². The number of Topliss-reactive ketones (excluding diaryl/α,β-unsaturated/α-hetero) is 1. The van der Waals surface area contributed by atoms with E-state index < -0.39 is 0 Å². The third kappa shape index (κ3) is 3.37. The van der Waals surface area contributed by atoms with Crippen molar-refractivity contribution in [2.24, 2.45) is 11.3 Å². The van der Waals surface area contributed by atoms with Gasteiger partial charge in [0.15, 0.2) is 5.78 Å². The summed E-state index contributed by atoms with van der Waals surface area (Å²) >= 11 is 0. The molecule has 19 heavy (non-hydrogen) atoms. The lowest BCUT2D eigenvalue weighted by Gasteiger charge is -2.33. The van der Waals surface area contributed by atoms with Gasteiger partial charge in [0.2, 0.25) is 0 Å². The molecule has 0 aliphatic heterocycles. The normalized spacial score (nSPS) is 19.2. The topological polar surface area (TPSA) is 20.3 Å². The van der Waals surface area contributed by atoms with Crippen molar-refractivity contribution in [2.45, 2.75) is 39.5 Å². The maximum Gasteiger partial charge on any atom is 0.165 e. The molecular formula is C17H25NO. The van der Waals surface area contributed by atoms with Crippen molar-refractivity contribution < 1.29 is 4.79 Å². The van der Waals surface area contributed by atoms with Crippen molar-refractivity contribution in [3.05, 3.63) is 29.8 Å². The standard InChI is InChI=1S/C17H25NO/c1-17(2)11-9-14(10-12-17)16(19)13-5-7-15(8-6-13)18(3)4/h5-8,14H,9-12H2,1-4H3. The summed E-state index contributed by atoms with van der Waals surface area (Å²) in [6.07, 6.45) is 4.42. The minimum Gasteiger partial charge on any atom is -0.378 e. The molecule has 0 heterocycles. The van der Waals surface area contributed by atoms with Crippen LogP contribution in [0.3, 0.4) is 0 Å². The van der Waals surface area contributed by atoms with E-state index in [2.05, 4.69) is 18.7 Å². The highest BCUT2D eigenvalue weighted by atomic mass is 16.1. The first-order chi connectivity index (χ1) is 8.89. The van der Waals surface area contributed by atoms with E-state index in [4.69, 9.17) is 0 Å². The van der Waals surface area contributed by atoms with Crippen LogP contribution >= 0.6 is 0 Å². The van der Waals surface area contributed by atoms with Crippen molar-refractivity contribution in [1.82, 2.24) is 0 Å². The number of benzene rings is 1. The van der Waals surface area contributed by atoms with Crippen LogP contribution in [0.25, 0.3) is 0 Å². The van der Waals surface area contributed by atoms with E-state index in [0.29, 0.717) is 11.2 Å². The molecule has 0 bridgehead atoms. The second-order valence-corrected chi connectivity index (χ2v) is 6.74. The number of hydrogen-bond donors (Lipinski definition) is 0. The Kier molecular flexibility index (Phi) is 3.98. The van der Waals surface area contributed by atoms with E-state index in [1.54, 1.807) is 0 Å². The zero-order chi connectivity index (χ0) is 14.0. The third-order valence-electron chi connectivity index (χ3n) is 4.38. The van der Waals surface area contributed by atoms with Crippen molar-refractivity contribution in [3.63, 3.8) is 0 Å². The van der Waals surface area contributed by atoms with Gasteiger partial charge in [0.1, 0.15) is 0 Å². The number of hydrogen-bond acceptors (Lipinski definition) is 2. The highest BCUT2D eigenvalue weighted by Gasteiger charge is 2.30. The highest BCUT2D eigenvalue weighted by molar-refractivity contribution is 5.98. The number of ketones is 1. The summed E-state index contributed by atoms with van der Waals surface area (Å²) in [5.74, 6) is 0.569. The number of nitrogens with zero attached hydrogens (tertiary/aromatic N) is 1. The van der Waals surface area contributed by atoms with Crippen LogP contribution in [0.5, 0.6) is 0 Å². The minimum atomic E-state index is 0.234. The van der Waals surface area contributed by atoms with E-state index in [9.17, 15) is 4.79 Å². The number of carbonyl (C=O) groups excluding carboxylic acids is 1. The molecule has 1 fully saturated rings. The molecule has 1 aliphatic carbocycles. The second-order valence-electron chi connectivity index (χ2n) is 6.74. The van der Waals surface area contributed by atoms with Gasteiger partial charge in [-0.1, -0.05) is 13.8 Å². The van der Waals surface area contributed by atoms with Crippen LogP contribution in [0.1, 0.15) is 49.9 Å². The molecule has 1 aromatic carbocycles. The van der Waals surface area contributed by atoms with Crippen LogP contribution in [-0.4, -0.2) is 19.9 Å². The summed E-state index contributed by atoms with van der Waals surface area (Å²) < 4.78 is 0. The number of anilines is 1. The number of rotatable bonds is 3. The predicted molar refractivity (Wildman–Crippen MR) is 80.8 cm³/mol. The molecule has 1 aromatic rings. The zero-order valence-electron chi connectivity index (χ0n) is 12.6. The lowest BCUT2D eigenvalue weighted by molar-refractivity contribution is 0.0838. The molecule has 2 heteroatoms. The van der Waals surface area contributed by atoms with Gasteiger partial charge >= 0.3 is 0 Å². The van der Waals surface area contributed by atoms with E-state index in [-0.39, 0.29) is 5.92 Å². The minimum absolute atomic E-state index is 0.234. The van der Waals surface area contributed by atoms with Gasteiger partial charge in [0.25, 0.3) is 0 Å². The van der Waals surface area contributed by atoms with Crippen molar-refractivity contribution >= 4 is 11.5 Å². The molecule has 1 saturated carbocycles. The van der Waals surface area contributed by atoms with Gasteiger partial charge in [-0.15, -0.1) is 0 Å². The average Bonchev–Trinajstić information content (AvgIpc) is 2.38. The molecule has 0 aromatic heterocycles. The fraction of sp³-hybridized carbons (Fsp3) is 0.588. The van der Waals surface area contributed by atoms with Crippen LogP contribution in [0.15, 0.2) is 24.3 Å². The SMILES string of the molecule is CN(C)c1ccc(C(=O)C2CCC(C)(C)CC2)cc1. The second kappa shape index (κ2) is 5.36. The Morgan fingerprint density at radius 3 is 2.11 bits per heavy atom. The van der Waals surface area contributed by atoms with Gasteiger partial charge in [-0.05, 0) is 55.4 Å². The summed E-state index contributed by atoms with van der Waals surface area (Å²) in [7, 11) is 4.03. The fourth-order valence-corrected chi connectivity index (χ4v) is 2.82. The Hall–Kier alpha value is -1.31. The van der Waals surface area contributed by atoms with Gasteiger partial charge in [-0.3, -0.25) is 4.79 Å². The smallest absolute Gasteiger partial charge is 0.165 e. The van der Waals surface area contributed by atoms with Gasteiger partial charge in [0.05, 0.1) is 0 Å². The van der Waals surface area contributed by atoms with Gasteiger partial charge in [0, 0.05) is 31.3 Å². The Morgan fingerprint density at radius 2 is 1.63 bits per heavy atom. The molecule has 0 spiro atoms. The van der Waals surface area contributed by atoms with Crippen molar-refractivity contribution in [3.8, 4) is 0 Å². The lowest BCUT2D eigenvalue weighted by Crippen LogP contribution is -2.26. The molecule has 2 nitrogen and oxygen atoms in total. The molecule has 2 rings (SSSR count). The average molecular weight is 259 g/mol. The van der Waals surface area contributed by atoms with Gasteiger partial charge in [-0.25, -0.2) is 0 Å². The van der Waals surface area contributed by atoms with Gasteiger partial charge in [-0.2, -0.15) is 0 Å². The molecule has 0 unspecified atom stereocenters. The first-order valence-corrected chi connectivity index (χ1v) is 7.21. The van der Waals surface area contributed by atoms with E-state index >= 15 is 0 Å². The number of carbonyl (C=O) groups is 1. The molecule has 0 amide bonds. The summed E-state index contributed by atoms with van der Waals surface area (Å²) in [5, 5.41) is 0. The monoisotopic (exact) mass is 259 g/mol. The Balaban J connectivity index is 2.04. The molecule has 104 valence electrons. The van der Waals surface area contributed by atoms with Crippen LogP contribution in [0.2, 0.25) is 0 Å². The quantitative estimate of drug-likeness (QED) is 0.760. The van der Waals surface area contributed by atoms with Crippen LogP contribution in [0.4, 0.5) is 5.69 Å². The fourth-order valence-electron chi connectivity index (χ4n) is 2.82. The molecule has 1 aliphatic rings. The largest absolute Gasteiger partial charge is 0.378 e. The first kappa shape index (κ1) is 14.1. The van der Waals surface area contributed by atoms with Gasteiger partial charge < -0.3 is 4.90 Å². The highest BCUT2D eigenvalue weighted by Crippen LogP contribution is 2.39. The van der Waals surface area contributed by atoms with Crippen molar-refractivity contribution in [1.29, 1.82) is 0 Å². The Bertz CT molecular complexity index is 435. The zero-order valence-corrected chi connectivity index (χ0v) is 12.6. The maximum atomic E-state index is 12.5. The van der Waals surface area contributed by atoms with E-state index in [1.807, 2.05) is 38.4 Å². The summed E-state index contributed by atoms with van der Waals surface area (Å²) in [5.41, 5.74) is 2.43. The first-order valence-electron chi connectivity index (χ1n) is 7.21. The maximum absolute atomic E-state index is 12.5. The molecule has 0 saturated heterocycles. The molecule has 0 N–H and O–H groups in total. The van der Waals surface area contributed by atoms with Crippen LogP contribution in [0, 0.1) is 11.3 Å². The van der Waals surface area contributed by atoms with E-state index in [0.717, 1.165) is 24.1 Å². The molecular weight excluding hydrogens is 234 g/mol. The van der Waals surface area contributed by atoms with Crippen molar-refractivity contribution in [2.75, 3.05) is 19.0 Å². The third-order valence-corrected chi connectivity index (χ3v) is 4.38. The summed E-state index contributed by atoms with van der Waals surface area (Å²) in [6.45, 7) is 4.61.